The van der Waals surface area contributed by atoms with Crippen molar-refractivity contribution in [2.24, 2.45) is 5.73 Å². The Kier molecular flexibility index (Phi) is 5.04. The molecule has 0 radical (unpaired) electrons. The van der Waals surface area contributed by atoms with Gasteiger partial charge in [-0.05, 0) is 24.3 Å². The highest BCUT2D eigenvalue weighted by atomic mass is 16.5. The number of H-pyrrole nitrogens is 1. The molecule has 2 aromatic carbocycles. The highest BCUT2D eigenvalue weighted by Crippen LogP contribution is 2.32. The first-order chi connectivity index (χ1) is 15.0. The Morgan fingerprint density at radius 2 is 1.74 bits per heavy atom. The highest BCUT2D eigenvalue weighted by molar-refractivity contribution is 6.02. The summed E-state index contributed by atoms with van der Waals surface area (Å²) in [4.78, 5) is 36.4. The molecule has 0 saturated carbocycles. The van der Waals surface area contributed by atoms with Gasteiger partial charge in [-0.15, -0.1) is 0 Å². The van der Waals surface area contributed by atoms with E-state index in [-0.39, 0.29) is 22.7 Å². The van der Waals surface area contributed by atoms with Crippen LogP contribution in [0.3, 0.4) is 0 Å². The number of amides is 1. The van der Waals surface area contributed by atoms with Gasteiger partial charge in [0.2, 0.25) is 0 Å². The fourth-order valence-electron chi connectivity index (χ4n) is 3.26. The zero-order chi connectivity index (χ0) is 22.1. The number of fused-ring (bicyclic) bond motifs is 1. The zero-order valence-electron chi connectivity index (χ0n) is 17.0. The number of benzene rings is 2. The van der Waals surface area contributed by atoms with Crippen molar-refractivity contribution in [3.8, 4) is 34.3 Å². The van der Waals surface area contributed by atoms with Crippen molar-refractivity contribution in [2.75, 3.05) is 21.3 Å². The molecule has 0 spiro atoms. The smallest absolute Gasteiger partial charge is 0.332 e. The highest BCUT2D eigenvalue weighted by Gasteiger charge is 2.22. The lowest BCUT2D eigenvalue weighted by Gasteiger charge is -2.11. The van der Waals surface area contributed by atoms with Crippen LogP contribution in [0.25, 0.3) is 28.2 Å². The topological polar surface area (TPSA) is 134 Å². The van der Waals surface area contributed by atoms with Crippen LogP contribution in [-0.2, 0) is 0 Å². The number of methoxy groups -OCH3 is 3. The number of hydrogen-bond donors (Lipinski definition) is 2. The van der Waals surface area contributed by atoms with Crippen molar-refractivity contribution in [1.29, 1.82) is 0 Å². The fourth-order valence-corrected chi connectivity index (χ4v) is 3.26. The zero-order valence-corrected chi connectivity index (χ0v) is 17.0. The van der Waals surface area contributed by atoms with Gasteiger partial charge in [-0.3, -0.25) is 4.79 Å². The molecular formula is C21H19N5O5. The molecule has 2 heterocycles. The van der Waals surface area contributed by atoms with E-state index in [1.807, 2.05) is 0 Å². The minimum Gasteiger partial charge on any atom is -0.497 e. The number of nitrogens with zero attached hydrogens (tertiary/aromatic N) is 3. The average molecular weight is 421 g/mol. The molecule has 4 aromatic rings. The first-order valence-electron chi connectivity index (χ1n) is 9.16. The largest absolute Gasteiger partial charge is 0.497 e. The number of hydrogen-bond acceptors (Lipinski definition) is 7. The number of ether oxygens (including phenoxy) is 3. The van der Waals surface area contributed by atoms with Gasteiger partial charge in [0.25, 0.3) is 5.91 Å². The first kappa shape index (κ1) is 20.0. The van der Waals surface area contributed by atoms with Gasteiger partial charge in [-0.1, -0.05) is 6.07 Å². The van der Waals surface area contributed by atoms with Crippen LogP contribution in [0, 0.1) is 0 Å². The summed E-state index contributed by atoms with van der Waals surface area (Å²) in [5.41, 5.74) is 6.26. The standard InChI is InChI=1S/C21H19N5O5/c1-29-12-6-4-5-11(9-12)26-20-17(24-21(26)28)16(18(22)27)23-19(25-20)14-8-7-13(30-2)10-15(14)31-3/h4-10H,1-3H3,(H2,22,27)(H,24,28). The third kappa shape index (κ3) is 3.44. The monoisotopic (exact) mass is 421 g/mol. The minimum atomic E-state index is -0.805. The number of primary amides is 1. The molecule has 0 aliphatic carbocycles. The van der Waals surface area contributed by atoms with Crippen LogP contribution in [0.5, 0.6) is 17.2 Å². The Balaban J connectivity index is 2.04. The molecule has 0 unspecified atom stereocenters. The summed E-state index contributed by atoms with van der Waals surface area (Å²) in [6, 6.07) is 12.0. The number of carbonyl (C=O) groups excluding carboxylic acids is 1. The quantitative estimate of drug-likeness (QED) is 0.485. The van der Waals surface area contributed by atoms with Gasteiger partial charge < -0.3 is 24.9 Å². The molecule has 0 saturated heterocycles. The average Bonchev–Trinajstić information content (AvgIpc) is 3.13. The van der Waals surface area contributed by atoms with Gasteiger partial charge in [0, 0.05) is 12.1 Å². The summed E-state index contributed by atoms with van der Waals surface area (Å²) in [5, 5.41) is 0. The van der Waals surface area contributed by atoms with Crippen LogP contribution in [0.1, 0.15) is 10.5 Å². The van der Waals surface area contributed by atoms with Crippen molar-refractivity contribution in [2.45, 2.75) is 0 Å². The molecule has 1 amide bonds. The molecule has 0 aliphatic heterocycles. The SMILES string of the molecule is COc1cccc(-n2c(=O)[nH]c3c(C(N)=O)nc(-c4ccc(OC)cc4OC)nc32)c1. The Morgan fingerprint density at radius 1 is 1.00 bits per heavy atom. The van der Waals surface area contributed by atoms with E-state index >= 15 is 0 Å². The van der Waals surface area contributed by atoms with E-state index < -0.39 is 11.6 Å². The maximum absolute atomic E-state index is 12.8. The second-order valence-corrected chi connectivity index (χ2v) is 6.49. The Labute approximate surface area is 176 Å². The lowest BCUT2D eigenvalue weighted by molar-refractivity contribution is 0.0997. The molecule has 3 N–H and O–H groups in total. The summed E-state index contributed by atoms with van der Waals surface area (Å²) < 4.78 is 17.2. The van der Waals surface area contributed by atoms with E-state index in [9.17, 15) is 9.59 Å². The number of aromatic nitrogens is 4. The maximum atomic E-state index is 12.8. The van der Waals surface area contributed by atoms with Gasteiger partial charge >= 0.3 is 5.69 Å². The normalized spacial score (nSPS) is 10.8. The molecule has 4 rings (SSSR count). The summed E-state index contributed by atoms with van der Waals surface area (Å²) >= 11 is 0. The van der Waals surface area contributed by atoms with Gasteiger partial charge in [0.05, 0.1) is 32.6 Å². The molecular weight excluding hydrogens is 402 g/mol. The van der Waals surface area contributed by atoms with Crippen molar-refractivity contribution in [3.63, 3.8) is 0 Å². The number of nitrogens with two attached hydrogens (primary N) is 1. The second kappa shape index (κ2) is 7.82. The number of rotatable bonds is 6. The molecule has 0 fully saturated rings. The first-order valence-corrected chi connectivity index (χ1v) is 9.16. The molecule has 10 nitrogen and oxygen atoms in total. The molecule has 0 bridgehead atoms. The van der Waals surface area contributed by atoms with Gasteiger partial charge in [-0.2, -0.15) is 0 Å². The summed E-state index contributed by atoms with van der Waals surface area (Å²) in [5.74, 6) is 0.920. The van der Waals surface area contributed by atoms with E-state index in [1.165, 1.54) is 25.9 Å². The predicted octanol–water partition coefficient (Wildman–Crippen LogP) is 1.90. The lowest BCUT2D eigenvalue weighted by atomic mass is 10.1. The summed E-state index contributed by atoms with van der Waals surface area (Å²) in [7, 11) is 4.56. The number of carbonyl (C=O) groups is 1. The Morgan fingerprint density at radius 3 is 2.42 bits per heavy atom. The van der Waals surface area contributed by atoms with Crippen LogP contribution in [0.15, 0.2) is 47.3 Å². The number of aromatic amines is 1. The van der Waals surface area contributed by atoms with E-state index in [0.29, 0.717) is 28.5 Å². The predicted molar refractivity (Wildman–Crippen MR) is 113 cm³/mol. The molecule has 2 aromatic heterocycles. The Bertz CT molecular complexity index is 1360. The Hall–Kier alpha value is -4.34. The van der Waals surface area contributed by atoms with Gasteiger partial charge in [-0.25, -0.2) is 19.3 Å². The van der Waals surface area contributed by atoms with Crippen molar-refractivity contribution >= 4 is 17.1 Å². The van der Waals surface area contributed by atoms with E-state index in [0.717, 1.165) is 0 Å². The number of nitrogens with one attached hydrogen (secondary N) is 1. The molecule has 0 atom stereocenters. The second-order valence-electron chi connectivity index (χ2n) is 6.49. The lowest BCUT2D eigenvalue weighted by Crippen LogP contribution is -2.15. The molecule has 10 heteroatoms. The minimum absolute atomic E-state index is 0.114. The van der Waals surface area contributed by atoms with Gasteiger partial charge in [0.15, 0.2) is 17.2 Å². The van der Waals surface area contributed by atoms with Crippen LogP contribution in [0.4, 0.5) is 0 Å². The third-order valence-corrected chi connectivity index (χ3v) is 4.73. The van der Waals surface area contributed by atoms with Crippen molar-refractivity contribution in [3.05, 3.63) is 58.6 Å². The third-order valence-electron chi connectivity index (χ3n) is 4.73. The van der Waals surface area contributed by atoms with Crippen LogP contribution < -0.4 is 25.6 Å². The van der Waals surface area contributed by atoms with Crippen LogP contribution in [0.2, 0.25) is 0 Å². The van der Waals surface area contributed by atoms with Crippen LogP contribution in [-0.4, -0.2) is 46.8 Å². The summed E-state index contributed by atoms with van der Waals surface area (Å²) in [6.07, 6.45) is 0. The fraction of sp³-hybridized carbons (Fsp3) is 0.143. The van der Waals surface area contributed by atoms with E-state index in [2.05, 4.69) is 15.0 Å². The van der Waals surface area contributed by atoms with E-state index in [4.69, 9.17) is 19.9 Å². The summed E-state index contributed by atoms with van der Waals surface area (Å²) in [6.45, 7) is 0. The van der Waals surface area contributed by atoms with E-state index in [1.54, 1.807) is 42.5 Å². The molecule has 0 aliphatic rings. The molecule has 158 valence electrons. The van der Waals surface area contributed by atoms with Gasteiger partial charge in [0.1, 0.15) is 22.8 Å². The van der Waals surface area contributed by atoms with Crippen molar-refractivity contribution < 1.29 is 19.0 Å². The van der Waals surface area contributed by atoms with Crippen molar-refractivity contribution in [1.82, 2.24) is 19.5 Å². The van der Waals surface area contributed by atoms with Crippen LogP contribution >= 0.6 is 0 Å². The maximum Gasteiger partial charge on any atom is 0.332 e. The molecule has 31 heavy (non-hydrogen) atoms. The number of imidazole rings is 1.